The first-order valence-electron chi connectivity index (χ1n) is 6.54. The highest BCUT2D eigenvalue weighted by molar-refractivity contribution is 5.94. The second kappa shape index (κ2) is 5.41. The molecule has 0 radical (unpaired) electrons. The van der Waals surface area contributed by atoms with E-state index in [9.17, 15) is 4.79 Å². The summed E-state index contributed by atoms with van der Waals surface area (Å²) in [7, 11) is 2.10. The Morgan fingerprint density at radius 2 is 1.74 bits per heavy atom. The summed E-state index contributed by atoms with van der Waals surface area (Å²) < 4.78 is 0. The van der Waals surface area contributed by atoms with Crippen molar-refractivity contribution in [1.82, 2.24) is 9.80 Å². The maximum atomic E-state index is 12.4. The molecule has 1 saturated heterocycles. The van der Waals surface area contributed by atoms with Gasteiger partial charge in [0.15, 0.2) is 0 Å². The predicted molar refractivity (Wildman–Crippen MR) is 73.7 cm³/mol. The molecule has 4 heteroatoms. The van der Waals surface area contributed by atoms with Gasteiger partial charge in [0.05, 0.1) is 11.6 Å². The molecule has 1 aliphatic heterocycles. The molecular weight excluding hydrogens is 238 g/mol. The number of carbonyl (C=O) groups excluding carboxylic acids is 1. The quantitative estimate of drug-likeness (QED) is 0.769. The summed E-state index contributed by atoms with van der Waals surface area (Å²) in [5, 5.41) is 8.76. The van der Waals surface area contributed by atoms with E-state index in [1.807, 2.05) is 4.90 Å². The maximum Gasteiger partial charge on any atom is 0.253 e. The van der Waals surface area contributed by atoms with Gasteiger partial charge in [-0.3, -0.25) is 9.69 Å². The molecule has 1 heterocycles. The molecule has 19 heavy (non-hydrogen) atoms. The fraction of sp³-hybridized carbons (Fsp3) is 0.467. The van der Waals surface area contributed by atoms with Gasteiger partial charge in [0.1, 0.15) is 0 Å². The number of nitrogens with zero attached hydrogens (tertiary/aromatic N) is 3. The Kier molecular flexibility index (Phi) is 3.87. The molecule has 2 rings (SSSR count). The molecule has 1 aromatic rings. The van der Waals surface area contributed by atoms with E-state index in [2.05, 4.69) is 31.9 Å². The van der Waals surface area contributed by atoms with Crippen LogP contribution in [0, 0.1) is 11.3 Å². The van der Waals surface area contributed by atoms with Crippen molar-refractivity contribution >= 4 is 5.91 Å². The highest BCUT2D eigenvalue weighted by Crippen LogP contribution is 2.16. The Bertz CT molecular complexity index is 491. The molecular formula is C15H19N3O. The van der Waals surface area contributed by atoms with E-state index in [-0.39, 0.29) is 5.91 Å². The van der Waals surface area contributed by atoms with Gasteiger partial charge in [-0.1, -0.05) is 0 Å². The van der Waals surface area contributed by atoms with Crippen LogP contribution in [-0.4, -0.2) is 47.9 Å². The summed E-state index contributed by atoms with van der Waals surface area (Å²) in [6.07, 6.45) is 0. The van der Waals surface area contributed by atoms with Crippen molar-refractivity contribution in [2.45, 2.75) is 25.9 Å². The van der Waals surface area contributed by atoms with Gasteiger partial charge in [-0.15, -0.1) is 0 Å². The average molecular weight is 257 g/mol. The first-order valence-corrected chi connectivity index (χ1v) is 6.54. The maximum absolute atomic E-state index is 12.4. The van der Waals surface area contributed by atoms with Crippen molar-refractivity contribution in [2.75, 3.05) is 20.1 Å². The fourth-order valence-corrected chi connectivity index (χ4v) is 2.44. The molecule has 0 spiro atoms. The Labute approximate surface area is 114 Å². The van der Waals surface area contributed by atoms with Crippen LogP contribution in [-0.2, 0) is 0 Å². The summed E-state index contributed by atoms with van der Waals surface area (Å²) >= 11 is 0. The van der Waals surface area contributed by atoms with Crippen LogP contribution < -0.4 is 0 Å². The Hall–Kier alpha value is -1.86. The van der Waals surface area contributed by atoms with Crippen LogP contribution >= 0.6 is 0 Å². The number of likely N-dealkylation sites (N-methyl/N-ethyl adjacent to an activating group) is 1. The van der Waals surface area contributed by atoms with Crippen LogP contribution in [0.1, 0.15) is 29.8 Å². The third-order valence-electron chi connectivity index (χ3n) is 3.91. The minimum Gasteiger partial charge on any atom is -0.336 e. The highest BCUT2D eigenvalue weighted by Gasteiger charge is 2.29. The second-order valence-corrected chi connectivity index (χ2v) is 5.26. The van der Waals surface area contributed by atoms with E-state index in [4.69, 9.17) is 5.26 Å². The van der Waals surface area contributed by atoms with E-state index in [1.54, 1.807) is 24.3 Å². The number of benzene rings is 1. The normalized spacial score (nSPS) is 24.0. The zero-order valence-electron chi connectivity index (χ0n) is 11.6. The number of nitriles is 1. The van der Waals surface area contributed by atoms with E-state index in [0.717, 1.165) is 13.1 Å². The van der Waals surface area contributed by atoms with Gasteiger partial charge in [0, 0.05) is 30.7 Å². The van der Waals surface area contributed by atoms with Crippen molar-refractivity contribution in [1.29, 1.82) is 5.26 Å². The highest BCUT2D eigenvalue weighted by atomic mass is 16.2. The molecule has 1 aliphatic rings. The van der Waals surface area contributed by atoms with E-state index >= 15 is 0 Å². The molecule has 4 nitrogen and oxygen atoms in total. The van der Waals surface area contributed by atoms with Crippen molar-refractivity contribution in [3.8, 4) is 6.07 Å². The minimum absolute atomic E-state index is 0.0521. The summed E-state index contributed by atoms with van der Waals surface area (Å²) in [6.45, 7) is 5.77. The van der Waals surface area contributed by atoms with Crippen LogP contribution in [0.15, 0.2) is 24.3 Å². The SMILES string of the molecule is CC1CN(C(=O)c2ccc(C#N)cc2)CC(C)N1C. The van der Waals surface area contributed by atoms with Crippen LogP contribution in [0.4, 0.5) is 0 Å². The lowest BCUT2D eigenvalue weighted by Gasteiger charge is -2.42. The Morgan fingerprint density at radius 1 is 1.21 bits per heavy atom. The number of rotatable bonds is 1. The van der Waals surface area contributed by atoms with Crippen molar-refractivity contribution in [2.24, 2.45) is 0 Å². The topological polar surface area (TPSA) is 47.3 Å². The summed E-state index contributed by atoms with van der Waals surface area (Å²) in [5.41, 5.74) is 1.24. The summed E-state index contributed by atoms with van der Waals surface area (Å²) in [4.78, 5) is 16.6. The third-order valence-corrected chi connectivity index (χ3v) is 3.91. The molecule has 0 aliphatic carbocycles. The van der Waals surface area contributed by atoms with Crippen molar-refractivity contribution < 1.29 is 4.79 Å². The van der Waals surface area contributed by atoms with Crippen LogP contribution in [0.25, 0.3) is 0 Å². The zero-order valence-corrected chi connectivity index (χ0v) is 11.6. The van der Waals surface area contributed by atoms with E-state index < -0.39 is 0 Å². The average Bonchev–Trinajstić information content (AvgIpc) is 2.43. The van der Waals surface area contributed by atoms with Gasteiger partial charge in [0.25, 0.3) is 5.91 Å². The lowest BCUT2D eigenvalue weighted by Crippen LogP contribution is -2.56. The molecule has 0 N–H and O–H groups in total. The molecule has 0 saturated carbocycles. The van der Waals surface area contributed by atoms with Crippen LogP contribution in [0.5, 0.6) is 0 Å². The predicted octanol–water partition coefficient (Wildman–Crippen LogP) is 1.72. The van der Waals surface area contributed by atoms with Gasteiger partial charge in [-0.05, 0) is 45.2 Å². The molecule has 100 valence electrons. The molecule has 0 aromatic heterocycles. The number of piperazine rings is 1. The molecule has 1 aromatic carbocycles. The molecule has 0 bridgehead atoms. The van der Waals surface area contributed by atoms with Crippen molar-refractivity contribution in [3.05, 3.63) is 35.4 Å². The van der Waals surface area contributed by atoms with Gasteiger partial charge < -0.3 is 4.90 Å². The fourth-order valence-electron chi connectivity index (χ4n) is 2.44. The van der Waals surface area contributed by atoms with Crippen molar-refractivity contribution in [3.63, 3.8) is 0 Å². The second-order valence-electron chi connectivity index (χ2n) is 5.26. The largest absolute Gasteiger partial charge is 0.336 e. The molecule has 1 fully saturated rings. The standard InChI is InChI=1S/C15H19N3O/c1-11-9-18(10-12(2)17(11)3)15(19)14-6-4-13(8-16)5-7-14/h4-7,11-12H,9-10H2,1-3H3. The number of carbonyl (C=O) groups is 1. The number of hydrogen-bond acceptors (Lipinski definition) is 3. The minimum atomic E-state index is 0.0521. The first-order chi connectivity index (χ1) is 9.02. The Balaban J connectivity index is 2.13. The molecule has 2 unspecified atom stereocenters. The molecule has 1 amide bonds. The zero-order chi connectivity index (χ0) is 14.0. The van der Waals surface area contributed by atoms with E-state index in [0.29, 0.717) is 23.2 Å². The van der Waals surface area contributed by atoms with Gasteiger partial charge >= 0.3 is 0 Å². The lowest BCUT2D eigenvalue weighted by atomic mass is 10.1. The van der Waals surface area contributed by atoms with E-state index in [1.165, 1.54) is 0 Å². The lowest BCUT2D eigenvalue weighted by molar-refractivity contribution is 0.0414. The summed E-state index contributed by atoms with van der Waals surface area (Å²) in [6, 6.07) is 9.64. The van der Waals surface area contributed by atoms with Crippen LogP contribution in [0.3, 0.4) is 0 Å². The molecule has 2 atom stereocenters. The smallest absolute Gasteiger partial charge is 0.253 e. The number of hydrogen-bond donors (Lipinski definition) is 0. The monoisotopic (exact) mass is 257 g/mol. The first kappa shape index (κ1) is 13.6. The van der Waals surface area contributed by atoms with Gasteiger partial charge in [-0.25, -0.2) is 0 Å². The van der Waals surface area contributed by atoms with Gasteiger partial charge in [0.2, 0.25) is 0 Å². The Morgan fingerprint density at radius 3 is 2.21 bits per heavy atom. The van der Waals surface area contributed by atoms with Gasteiger partial charge in [-0.2, -0.15) is 5.26 Å². The summed E-state index contributed by atoms with van der Waals surface area (Å²) in [5.74, 6) is 0.0521. The number of amides is 1. The third kappa shape index (κ3) is 2.77. The van der Waals surface area contributed by atoms with Crippen LogP contribution in [0.2, 0.25) is 0 Å².